The number of hydrogen-bond donors (Lipinski definition) is 0. The number of rotatable bonds is 3. The average Bonchev–Trinajstić information content (AvgIpc) is 2.75. The number of Topliss-reactive ketones (excluding diaryl/α,β-unsaturated/α-hetero) is 1. The number of hydrogen-bond acceptors (Lipinski definition) is 2. The van der Waals surface area contributed by atoms with Gasteiger partial charge in [0.1, 0.15) is 0 Å². The molecule has 0 aromatic heterocycles. The molecule has 1 aliphatic heterocycles. The average molecular weight is 263 g/mol. The van der Waals surface area contributed by atoms with E-state index in [1.807, 2.05) is 36.4 Å². The Labute approximate surface area is 117 Å². The molecule has 0 saturated carbocycles. The number of nitrogens with zero attached hydrogens (tertiary/aromatic N) is 1. The molecule has 2 aromatic rings. The third-order valence-corrected chi connectivity index (χ3v) is 3.46. The molecule has 0 bridgehead atoms. The Balaban J connectivity index is 2.12. The van der Waals surface area contributed by atoms with E-state index < -0.39 is 11.7 Å². The molecule has 0 fully saturated rings. The fraction of sp³-hybridized carbons (Fsp3) is 0.0588. The van der Waals surface area contributed by atoms with Gasteiger partial charge < -0.3 is 0 Å². The molecule has 0 spiro atoms. The van der Waals surface area contributed by atoms with Crippen LogP contribution in [-0.4, -0.2) is 11.7 Å². The van der Waals surface area contributed by atoms with Gasteiger partial charge in [-0.05, 0) is 17.7 Å². The Kier molecular flexibility index (Phi) is 2.95. The first-order valence-corrected chi connectivity index (χ1v) is 6.38. The summed E-state index contributed by atoms with van der Waals surface area (Å²) in [7, 11) is 0. The van der Waals surface area contributed by atoms with E-state index in [-0.39, 0.29) is 6.04 Å². The zero-order chi connectivity index (χ0) is 14.1. The zero-order valence-corrected chi connectivity index (χ0v) is 10.8. The van der Waals surface area contributed by atoms with Crippen LogP contribution in [0.25, 0.3) is 0 Å². The van der Waals surface area contributed by atoms with Gasteiger partial charge in [0, 0.05) is 0 Å². The molecule has 98 valence electrons. The lowest BCUT2D eigenvalue weighted by Crippen LogP contribution is -2.32. The minimum atomic E-state index is -0.500. The fourth-order valence-corrected chi connectivity index (χ4v) is 2.53. The maximum Gasteiger partial charge on any atom is 0.300 e. The van der Waals surface area contributed by atoms with Gasteiger partial charge in [-0.3, -0.25) is 14.5 Å². The van der Waals surface area contributed by atoms with E-state index in [1.165, 1.54) is 4.90 Å². The molecule has 1 amide bonds. The van der Waals surface area contributed by atoms with E-state index in [4.69, 9.17) is 0 Å². The summed E-state index contributed by atoms with van der Waals surface area (Å²) in [6.07, 6.45) is 1.68. The van der Waals surface area contributed by atoms with Crippen LogP contribution in [0.4, 0.5) is 5.69 Å². The van der Waals surface area contributed by atoms with Crippen LogP contribution in [0.15, 0.2) is 67.3 Å². The highest BCUT2D eigenvalue weighted by molar-refractivity contribution is 6.52. The lowest BCUT2D eigenvalue weighted by atomic mass is 10.1. The van der Waals surface area contributed by atoms with Crippen molar-refractivity contribution in [1.29, 1.82) is 0 Å². The van der Waals surface area contributed by atoms with Crippen LogP contribution in [0, 0.1) is 0 Å². The zero-order valence-electron chi connectivity index (χ0n) is 10.8. The Hall–Kier alpha value is -2.68. The van der Waals surface area contributed by atoms with Gasteiger partial charge in [-0.15, -0.1) is 6.58 Å². The van der Waals surface area contributed by atoms with Gasteiger partial charge in [-0.25, -0.2) is 0 Å². The molecule has 0 saturated heterocycles. The van der Waals surface area contributed by atoms with Crippen LogP contribution in [0.1, 0.15) is 22.0 Å². The van der Waals surface area contributed by atoms with Gasteiger partial charge in [0.25, 0.3) is 11.7 Å². The third kappa shape index (κ3) is 1.75. The monoisotopic (exact) mass is 263 g/mol. The largest absolute Gasteiger partial charge is 0.300 e. The lowest BCUT2D eigenvalue weighted by Gasteiger charge is -2.25. The predicted molar refractivity (Wildman–Crippen MR) is 77.6 cm³/mol. The molecule has 3 nitrogen and oxygen atoms in total. The molecule has 1 unspecified atom stereocenters. The highest BCUT2D eigenvalue weighted by atomic mass is 16.2. The standard InChI is InChI=1S/C17H13NO2/c1-2-14(12-8-4-3-5-9-12)18-15-11-7-6-10-13(15)16(19)17(18)20/h2-11,14H,1H2. The third-order valence-electron chi connectivity index (χ3n) is 3.46. The Morgan fingerprint density at radius 1 is 0.950 bits per heavy atom. The normalized spacial score (nSPS) is 15.1. The molecule has 3 rings (SSSR count). The quantitative estimate of drug-likeness (QED) is 0.630. The molecular weight excluding hydrogens is 250 g/mol. The number of ketones is 1. The second-order valence-corrected chi connectivity index (χ2v) is 4.61. The summed E-state index contributed by atoms with van der Waals surface area (Å²) in [4.78, 5) is 25.8. The molecule has 20 heavy (non-hydrogen) atoms. The molecule has 0 aliphatic carbocycles. The number of carbonyl (C=O) groups is 2. The summed E-state index contributed by atoms with van der Waals surface area (Å²) in [6, 6.07) is 16.3. The van der Waals surface area contributed by atoms with E-state index >= 15 is 0 Å². The first-order valence-electron chi connectivity index (χ1n) is 6.38. The summed E-state index contributed by atoms with van der Waals surface area (Å²) < 4.78 is 0. The van der Waals surface area contributed by atoms with Crippen molar-refractivity contribution < 1.29 is 9.59 Å². The number of benzene rings is 2. The van der Waals surface area contributed by atoms with Crippen LogP contribution in [-0.2, 0) is 4.79 Å². The van der Waals surface area contributed by atoms with Crippen LogP contribution in [0.2, 0.25) is 0 Å². The second-order valence-electron chi connectivity index (χ2n) is 4.61. The van der Waals surface area contributed by atoms with Crippen molar-refractivity contribution in [2.24, 2.45) is 0 Å². The molecule has 0 N–H and O–H groups in total. The number of anilines is 1. The number of amides is 1. The highest BCUT2D eigenvalue weighted by Gasteiger charge is 2.39. The first-order chi connectivity index (χ1) is 9.74. The van der Waals surface area contributed by atoms with Crippen molar-refractivity contribution in [3.63, 3.8) is 0 Å². The summed E-state index contributed by atoms with van der Waals surface area (Å²) in [5.74, 6) is -0.955. The van der Waals surface area contributed by atoms with Gasteiger partial charge >= 0.3 is 0 Å². The van der Waals surface area contributed by atoms with Crippen LogP contribution >= 0.6 is 0 Å². The summed E-state index contributed by atoms with van der Waals surface area (Å²) in [6.45, 7) is 3.81. The maximum absolute atomic E-state index is 12.3. The summed E-state index contributed by atoms with van der Waals surface area (Å²) in [5.41, 5.74) is 2.04. The van der Waals surface area contributed by atoms with E-state index in [0.29, 0.717) is 11.3 Å². The van der Waals surface area contributed by atoms with Crippen LogP contribution < -0.4 is 4.90 Å². The van der Waals surface area contributed by atoms with E-state index in [9.17, 15) is 9.59 Å². The number of fused-ring (bicyclic) bond motifs is 1. The fourth-order valence-electron chi connectivity index (χ4n) is 2.53. The van der Waals surface area contributed by atoms with Gasteiger partial charge in [0.05, 0.1) is 17.3 Å². The smallest absolute Gasteiger partial charge is 0.294 e. The van der Waals surface area contributed by atoms with Crippen molar-refractivity contribution in [1.82, 2.24) is 0 Å². The molecule has 0 radical (unpaired) electrons. The first kappa shape index (κ1) is 12.4. The summed E-state index contributed by atoms with van der Waals surface area (Å²) in [5, 5.41) is 0. The molecule has 1 aliphatic rings. The van der Waals surface area contributed by atoms with Crippen LogP contribution in [0.5, 0.6) is 0 Å². The molecule has 1 atom stereocenters. The number of para-hydroxylation sites is 1. The van der Waals surface area contributed by atoms with Gasteiger partial charge in [0.2, 0.25) is 0 Å². The SMILES string of the molecule is C=CC(c1ccccc1)N1C(=O)C(=O)c2ccccc21. The second kappa shape index (κ2) is 4.78. The molecule has 2 aromatic carbocycles. The molecule has 1 heterocycles. The van der Waals surface area contributed by atoms with Gasteiger partial charge in [0.15, 0.2) is 0 Å². The summed E-state index contributed by atoms with van der Waals surface area (Å²) >= 11 is 0. The van der Waals surface area contributed by atoms with Crippen molar-refractivity contribution >= 4 is 17.4 Å². The van der Waals surface area contributed by atoms with Gasteiger partial charge in [-0.2, -0.15) is 0 Å². The van der Waals surface area contributed by atoms with E-state index in [0.717, 1.165) is 5.56 Å². The number of carbonyl (C=O) groups excluding carboxylic acids is 2. The highest BCUT2D eigenvalue weighted by Crippen LogP contribution is 2.36. The van der Waals surface area contributed by atoms with Crippen molar-refractivity contribution in [2.45, 2.75) is 6.04 Å². The van der Waals surface area contributed by atoms with Gasteiger partial charge in [-0.1, -0.05) is 48.5 Å². The van der Waals surface area contributed by atoms with E-state index in [1.54, 1.807) is 24.3 Å². The topological polar surface area (TPSA) is 37.4 Å². The maximum atomic E-state index is 12.3. The lowest BCUT2D eigenvalue weighted by molar-refractivity contribution is -0.114. The molecule has 3 heteroatoms. The minimum Gasteiger partial charge on any atom is -0.294 e. The van der Waals surface area contributed by atoms with E-state index in [2.05, 4.69) is 6.58 Å². The predicted octanol–water partition coefficient (Wildman–Crippen LogP) is 3.14. The van der Waals surface area contributed by atoms with Crippen molar-refractivity contribution in [2.75, 3.05) is 4.90 Å². The van der Waals surface area contributed by atoms with Crippen LogP contribution in [0.3, 0.4) is 0 Å². The van der Waals surface area contributed by atoms with Crippen molar-refractivity contribution in [3.8, 4) is 0 Å². The molecular formula is C17H13NO2. The Morgan fingerprint density at radius 2 is 1.60 bits per heavy atom. The minimum absolute atomic E-state index is 0.337. The van der Waals surface area contributed by atoms with Crippen molar-refractivity contribution in [3.05, 3.63) is 78.4 Å². The Bertz CT molecular complexity index is 691. The Morgan fingerprint density at radius 3 is 2.30 bits per heavy atom.